The van der Waals surface area contributed by atoms with Gasteiger partial charge >= 0.3 is 0 Å². The number of hydrogen-bond acceptors (Lipinski definition) is 6. The van der Waals surface area contributed by atoms with Gasteiger partial charge in [-0.1, -0.05) is 16.8 Å². The van der Waals surface area contributed by atoms with Crippen molar-refractivity contribution in [3.8, 4) is 11.3 Å². The van der Waals surface area contributed by atoms with E-state index in [2.05, 4.69) is 5.16 Å². The number of nitrogens with two attached hydrogens (primary N) is 1. The van der Waals surface area contributed by atoms with Crippen molar-refractivity contribution in [3.05, 3.63) is 23.2 Å². The first kappa shape index (κ1) is 14.2. The topological polar surface area (TPSA) is 86.2 Å². The second kappa shape index (κ2) is 5.07. The third-order valence-electron chi connectivity index (χ3n) is 2.44. The average molecular weight is 319 g/mol. The van der Waals surface area contributed by atoms with Gasteiger partial charge in [0.15, 0.2) is 9.84 Å². The van der Waals surface area contributed by atoms with Gasteiger partial charge < -0.3 is 10.3 Å². The molecule has 0 aliphatic heterocycles. The van der Waals surface area contributed by atoms with Crippen LogP contribution in [0.25, 0.3) is 11.3 Å². The minimum absolute atomic E-state index is 0.154. The van der Waals surface area contributed by atoms with Crippen molar-refractivity contribution in [2.24, 2.45) is 0 Å². The molecule has 0 saturated heterocycles. The van der Waals surface area contributed by atoms with E-state index in [0.29, 0.717) is 21.2 Å². The summed E-state index contributed by atoms with van der Waals surface area (Å²) in [6, 6.07) is 4.67. The van der Waals surface area contributed by atoms with E-state index in [1.165, 1.54) is 23.9 Å². The van der Waals surface area contributed by atoms with Gasteiger partial charge in [0, 0.05) is 22.8 Å². The minimum Gasteiger partial charge on any atom is -0.368 e. The molecule has 0 amide bonds. The lowest BCUT2D eigenvalue weighted by atomic mass is 10.1. The van der Waals surface area contributed by atoms with Gasteiger partial charge in [0.1, 0.15) is 5.69 Å². The Kier molecular flexibility index (Phi) is 3.80. The summed E-state index contributed by atoms with van der Waals surface area (Å²) in [5, 5.41) is 4.10. The smallest absolute Gasteiger partial charge is 0.222 e. The zero-order valence-electron chi connectivity index (χ0n) is 10.2. The van der Waals surface area contributed by atoms with Crippen LogP contribution in [0.2, 0.25) is 5.02 Å². The summed E-state index contributed by atoms with van der Waals surface area (Å²) < 4.78 is 28.4. The molecule has 0 aliphatic rings. The summed E-state index contributed by atoms with van der Waals surface area (Å²) in [7, 11) is -3.39. The number of nitrogen functional groups attached to an aromatic ring is 1. The van der Waals surface area contributed by atoms with Crippen molar-refractivity contribution in [2.45, 2.75) is 9.79 Å². The number of halogens is 1. The second-order valence-electron chi connectivity index (χ2n) is 3.88. The van der Waals surface area contributed by atoms with E-state index in [-0.39, 0.29) is 10.8 Å². The molecule has 102 valence electrons. The highest BCUT2D eigenvalue weighted by Gasteiger charge is 2.19. The van der Waals surface area contributed by atoms with Crippen molar-refractivity contribution < 1.29 is 12.9 Å². The van der Waals surface area contributed by atoms with Gasteiger partial charge in [-0.25, -0.2) is 8.42 Å². The van der Waals surface area contributed by atoms with Gasteiger partial charge in [0.25, 0.3) is 0 Å². The van der Waals surface area contributed by atoms with Crippen LogP contribution in [0.1, 0.15) is 0 Å². The van der Waals surface area contributed by atoms with E-state index in [1.54, 1.807) is 12.3 Å². The molecule has 2 rings (SSSR count). The molecule has 1 aromatic carbocycles. The van der Waals surface area contributed by atoms with Crippen molar-refractivity contribution >= 4 is 39.1 Å². The molecule has 19 heavy (non-hydrogen) atoms. The molecule has 0 aliphatic carbocycles. The first-order valence-electron chi connectivity index (χ1n) is 5.13. The minimum atomic E-state index is -3.39. The van der Waals surface area contributed by atoms with Gasteiger partial charge in [-0.3, -0.25) is 0 Å². The largest absolute Gasteiger partial charge is 0.368 e. The van der Waals surface area contributed by atoms with Crippen LogP contribution in [0.15, 0.2) is 32.5 Å². The third kappa shape index (κ3) is 2.88. The van der Waals surface area contributed by atoms with Crippen LogP contribution in [0.3, 0.4) is 0 Å². The maximum atomic E-state index is 11.8. The van der Waals surface area contributed by atoms with Crippen LogP contribution >= 0.6 is 23.4 Å². The summed E-state index contributed by atoms with van der Waals surface area (Å²) in [5.41, 5.74) is 6.44. The standard InChI is InChI=1S/C11H11ClN2O3S2/c1-18-11-7(12)3-6(4-9(11)19(2,15)16)8-5-10(13)17-14-8/h3-5H,13H2,1-2H3. The van der Waals surface area contributed by atoms with Crippen molar-refractivity contribution in [3.63, 3.8) is 0 Å². The van der Waals surface area contributed by atoms with E-state index in [0.717, 1.165) is 6.26 Å². The fourth-order valence-corrected chi connectivity index (χ4v) is 4.13. The van der Waals surface area contributed by atoms with Crippen LogP contribution in [-0.2, 0) is 9.84 Å². The van der Waals surface area contributed by atoms with E-state index in [1.807, 2.05) is 0 Å². The lowest BCUT2D eigenvalue weighted by Crippen LogP contribution is -2.00. The monoisotopic (exact) mass is 318 g/mol. The summed E-state index contributed by atoms with van der Waals surface area (Å²) in [6.07, 6.45) is 2.91. The number of anilines is 1. The average Bonchev–Trinajstić information content (AvgIpc) is 2.73. The molecule has 0 unspecified atom stereocenters. The van der Waals surface area contributed by atoms with Crippen molar-refractivity contribution in [1.29, 1.82) is 0 Å². The number of aromatic nitrogens is 1. The number of nitrogens with zero attached hydrogens (tertiary/aromatic N) is 1. The van der Waals surface area contributed by atoms with Crippen LogP contribution in [0, 0.1) is 0 Å². The Morgan fingerprint density at radius 3 is 2.53 bits per heavy atom. The van der Waals surface area contributed by atoms with Gasteiger partial charge in [0.2, 0.25) is 5.88 Å². The lowest BCUT2D eigenvalue weighted by Gasteiger charge is -2.09. The quantitative estimate of drug-likeness (QED) is 0.876. The van der Waals surface area contributed by atoms with Crippen molar-refractivity contribution in [2.75, 3.05) is 18.2 Å². The Morgan fingerprint density at radius 2 is 2.05 bits per heavy atom. The predicted octanol–water partition coefficient (Wildman–Crippen LogP) is 2.70. The van der Waals surface area contributed by atoms with E-state index in [9.17, 15) is 8.42 Å². The Balaban J connectivity index is 2.70. The number of hydrogen-bond donors (Lipinski definition) is 1. The van der Waals surface area contributed by atoms with Gasteiger partial charge in [-0.05, 0) is 18.4 Å². The molecule has 0 bridgehead atoms. The summed E-state index contributed by atoms with van der Waals surface area (Å²) in [5.74, 6) is 0.154. The maximum absolute atomic E-state index is 11.8. The number of rotatable bonds is 3. The molecule has 5 nitrogen and oxygen atoms in total. The van der Waals surface area contributed by atoms with Crippen LogP contribution in [0.4, 0.5) is 5.88 Å². The summed E-state index contributed by atoms with van der Waals surface area (Å²) >= 11 is 7.40. The molecule has 0 radical (unpaired) electrons. The number of thioether (sulfide) groups is 1. The maximum Gasteiger partial charge on any atom is 0.222 e. The SMILES string of the molecule is CSc1c(Cl)cc(-c2cc(N)on2)cc1S(C)(=O)=O. The fourth-order valence-electron chi connectivity index (χ4n) is 1.61. The van der Waals surface area contributed by atoms with E-state index >= 15 is 0 Å². The Hall–Kier alpha value is -1.18. The molecule has 1 aromatic heterocycles. The lowest BCUT2D eigenvalue weighted by molar-refractivity contribution is 0.439. The molecule has 2 N–H and O–H groups in total. The van der Waals surface area contributed by atoms with E-state index < -0.39 is 9.84 Å². The first-order valence-corrected chi connectivity index (χ1v) is 8.62. The second-order valence-corrected chi connectivity index (χ2v) is 7.08. The molecule has 0 spiro atoms. The zero-order valence-corrected chi connectivity index (χ0v) is 12.6. The highest BCUT2D eigenvalue weighted by Crippen LogP contribution is 2.36. The molecule has 0 fully saturated rings. The van der Waals surface area contributed by atoms with Crippen LogP contribution in [-0.4, -0.2) is 26.1 Å². The van der Waals surface area contributed by atoms with Crippen LogP contribution in [0.5, 0.6) is 0 Å². The molecule has 1 heterocycles. The molecule has 2 aromatic rings. The van der Waals surface area contributed by atoms with Gasteiger partial charge in [-0.2, -0.15) is 0 Å². The van der Waals surface area contributed by atoms with Crippen LogP contribution < -0.4 is 5.73 Å². The molecule has 8 heteroatoms. The molecular formula is C11H11ClN2O3S2. The summed E-state index contributed by atoms with van der Waals surface area (Å²) in [6.45, 7) is 0. The Labute approximate surface area is 120 Å². The zero-order chi connectivity index (χ0) is 14.2. The third-order valence-corrected chi connectivity index (χ3v) is 4.95. The fraction of sp³-hybridized carbons (Fsp3) is 0.182. The normalized spacial score (nSPS) is 11.7. The molecule has 0 atom stereocenters. The van der Waals surface area contributed by atoms with Gasteiger partial charge in [0.05, 0.1) is 9.92 Å². The Morgan fingerprint density at radius 1 is 1.37 bits per heavy atom. The van der Waals surface area contributed by atoms with Crippen molar-refractivity contribution in [1.82, 2.24) is 5.16 Å². The van der Waals surface area contributed by atoms with Gasteiger partial charge in [-0.15, -0.1) is 11.8 Å². The predicted molar refractivity (Wildman–Crippen MR) is 76.3 cm³/mol. The highest BCUT2D eigenvalue weighted by molar-refractivity contribution is 7.99. The number of benzene rings is 1. The summed E-state index contributed by atoms with van der Waals surface area (Å²) in [4.78, 5) is 0.688. The van der Waals surface area contributed by atoms with E-state index in [4.69, 9.17) is 21.9 Å². The molecule has 0 saturated carbocycles. The highest BCUT2D eigenvalue weighted by atomic mass is 35.5. The molecular weight excluding hydrogens is 308 g/mol. The number of sulfone groups is 1. The first-order chi connectivity index (χ1) is 8.82. The Bertz CT molecular complexity index is 726.